The Hall–Kier alpha value is -0.180. The highest BCUT2D eigenvalue weighted by Crippen LogP contribution is 2.37. The lowest BCUT2D eigenvalue weighted by Gasteiger charge is -2.40. The summed E-state index contributed by atoms with van der Waals surface area (Å²) >= 11 is 1.72. The van der Waals surface area contributed by atoms with Gasteiger partial charge in [-0.25, -0.2) is 0 Å². The molecule has 1 aliphatic carbocycles. The Balaban J connectivity index is 2.10. The van der Waals surface area contributed by atoms with Crippen molar-refractivity contribution < 1.29 is 0 Å². The Labute approximate surface area is 90.9 Å². The SMILES string of the molecule is CC1(C)CSC(=N)N1C1CCCCC1. The maximum absolute atomic E-state index is 7.99. The largest absolute Gasteiger partial charge is 0.343 e. The van der Waals surface area contributed by atoms with Gasteiger partial charge in [-0.05, 0) is 26.7 Å². The standard InChI is InChI=1S/C11H20N2S/c1-11(2)8-14-10(12)13(11)9-6-4-3-5-7-9/h9,12H,3-8H2,1-2H3. The summed E-state index contributed by atoms with van der Waals surface area (Å²) in [5.41, 5.74) is 0.212. The molecule has 0 atom stereocenters. The lowest BCUT2D eigenvalue weighted by atomic mass is 9.91. The summed E-state index contributed by atoms with van der Waals surface area (Å²) in [5, 5.41) is 8.79. The first kappa shape index (κ1) is 10.3. The van der Waals surface area contributed by atoms with Crippen LogP contribution in [0.15, 0.2) is 0 Å². The third kappa shape index (κ3) is 1.79. The molecule has 1 N–H and O–H groups in total. The van der Waals surface area contributed by atoms with Crippen molar-refractivity contribution >= 4 is 16.9 Å². The Morgan fingerprint density at radius 2 is 1.93 bits per heavy atom. The van der Waals surface area contributed by atoms with E-state index in [-0.39, 0.29) is 5.54 Å². The normalized spacial score (nSPS) is 28.4. The van der Waals surface area contributed by atoms with Crippen LogP contribution in [0.5, 0.6) is 0 Å². The zero-order chi connectivity index (χ0) is 10.2. The van der Waals surface area contributed by atoms with E-state index in [2.05, 4.69) is 18.7 Å². The van der Waals surface area contributed by atoms with E-state index < -0.39 is 0 Å². The van der Waals surface area contributed by atoms with Crippen molar-refractivity contribution in [1.29, 1.82) is 5.41 Å². The van der Waals surface area contributed by atoms with Gasteiger partial charge < -0.3 is 4.90 Å². The molecule has 14 heavy (non-hydrogen) atoms. The van der Waals surface area contributed by atoms with E-state index in [0.717, 1.165) is 10.9 Å². The lowest BCUT2D eigenvalue weighted by molar-refractivity contribution is 0.155. The van der Waals surface area contributed by atoms with Crippen molar-refractivity contribution in [1.82, 2.24) is 4.90 Å². The summed E-state index contributed by atoms with van der Waals surface area (Å²) in [7, 11) is 0. The number of rotatable bonds is 1. The molecule has 0 aromatic heterocycles. The number of thioether (sulfide) groups is 1. The molecule has 2 fully saturated rings. The predicted octanol–water partition coefficient (Wildman–Crippen LogP) is 3.08. The molecule has 1 heterocycles. The van der Waals surface area contributed by atoms with Crippen LogP contribution in [0.25, 0.3) is 0 Å². The molecule has 0 aromatic rings. The summed E-state index contributed by atoms with van der Waals surface area (Å²) in [6, 6.07) is 0.654. The van der Waals surface area contributed by atoms with Gasteiger partial charge in [0, 0.05) is 17.3 Å². The van der Waals surface area contributed by atoms with Gasteiger partial charge in [-0.2, -0.15) is 0 Å². The second-order valence-corrected chi connectivity index (χ2v) is 6.03. The summed E-state index contributed by atoms with van der Waals surface area (Å²) in [6.45, 7) is 4.55. The van der Waals surface area contributed by atoms with Crippen LogP contribution in [0.4, 0.5) is 0 Å². The molecule has 1 aliphatic heterocycles. The van der Waals surface area contributed by atoms with Gasteiger partial charge >= 0.3 is 0 Å². The summed E-state index contributed by atoms with van der Waals surface area (Å²) in [5.74, 6) is 1.09. The van der Waals surface area contributed by atoms with Crippen LogP contribution in [0.3, 0.4) is 0 Å². The van der Waals surface area contributed by atoms with E-state index in [1.807, 2.05) is 0 Å². The predicted molar refractivity (Wildman–Crippen MR) is 63.0 cm³/mol. The Morgan fingerprint density at radius 3 is 2.43 bits per heavy atom. The van der Waals surface area contributed by atoms with Crippen molar-refractivity contribution in [3.63, 3.8) is 0 Å². The van der Waals surface area contributed by atoms with Crippen LogP contribution in [0.2, 0.25) is 0 Å². The lowest BCUT2D eigenvalue weighted by Crippen LogP contribution is -2.49. The van der Waals surface area contributed by atoms with Crippen LogP contribution in [-0.2, 0) is 0 Å². The minimum atomic E-state index is 0.212. The van der Waals surface area contributed by atoms with Gasteiger partial charge in [0.15, 0.2) is 5.17 Å². The molecule has 2 aliphatic rings. The average molecular weight is 212 g/mol. The van der Waals surface area contributed by atoms with Gasteiger partial charge in [0.2, 0.25) is 0 Å². The van der Waals surface area contributed by atoms with Crippen LogP contribution < -0.4 is 0 Å². The van der Waals surface area contributed by atoms with Gasteiger partial charge in [-0.3, -0.25) is 5.41 Å². The van der Waals surface area contributed by atoms with Crippen LogP contribution in [0, 0.1) is 5.41 Å². The third-order valence-corrected chi connectivity index (χ3v) is 4.69. The molecule has 0 unspecified atom stereocenters. The number of nitrogens with zero attached hydrogens (tertiary/aromatic N) is 1. The monoisotopic (exact) mass is 212 g/mol. The number of nitrogens with one attached hydrogen (secondary N) is 1. The molecular weight excluding hydrogens is 192 g/mol. The third-order valence-electron chi connectivity index (χ3n) is 3.37. The van der Waals surface area contributed by atoms with Crippen LogP contribution in [-0.4, -0.2) is 27.4 Å². The van der Waals surface area contributed by atoms with E-state index >= 15 is 0 Å². The number of hydrogen-bond donors (Lipinski definition) is 1. The Kier molecular flexibility index (Phi) is 2.78. The molecule has 0 amide bonds. The fraction of sp³-hybridized carbons (Fsp3) is 0.909. The van der Waals surface area contributed by atoms with E-state index in [1.54, 1.807) is 11.8 Å². The Bertz CT molecular complexity index is 231. The minimum Gasteiger partial charge on any atom is -0.343 e. The fourth-order valence-corrected chi connectivity index (χ4v) is 3.82. The molecule has 0 spiro atoms. The van der Waals surface area contributed by atoms with Gasteiger partial charge in [0.05, 0.1) is 0 Å². The molecule has 1 saturated carbocycles. The van der Waals surface area contributed by atoms with E-state index in [1.165, 1.54) is 32.1 Å². The summed E-state index contributed by atoms with van der Waals surface area (Å²) in [4.78, 5) is 2.37. The van der Waals surface area contributed by atoms with Gasteiger partial charge in [0.25, 0.3) is 0 Å². The minimum absolute atomic E-state index is 0.212. The average Bonchev–Trinajstić information content (AvgIpc) is 2.42. The molecule has 3 heteroatoms. The molecular formula is C11H20N2S. The Morgan fingerprint density at radius 1 is 1.29 bits per heavy atom. The highest BCUT2D eigenvalue weighted by atomic mass is 32.2. The molecule has 2 nitrogen and oxygen atoms in total. The molecule has 0 radical (unpaired) electrons. The maximum Gasteiger partial charge on any atom is 0.157 e. The molecule has 2 rings (SSSR count). The molecule has 1 saturated heterocycles. The van der Waals surface area contributed by atoms with Crippen molar-refractivity contribution in [3.05, 3.63) is 0 Å². The van der Waals surface area contributed by atoms with Crippen molar-refractivity contribution in [2.24, 2.45) is 0 Å². The van der Waals surface area contributed by atoms with E-state index in [4.69, 9.17) is 5.41 Å². The highest BCUT2D eigenvalue weighted by molar-refractivity contribution is 8.14. The second-order valence-electron chi connectivity index (χ2n) is 5.07. The first-order chi connectivity index (χ1) is 6.61. The van der Waals surface area contributed by atoms with Crippen molar-refractivity contribution in [2.75, 3.05) is 5.75 Å². The second kappa shape index (κ2) is 3.76. The number of hydrogen-bond acceptors (Lipinski definition) is 2. The first-order valence-corrected chi connectivity index (χ1v) is 6.60. The summed E-state index contributed by atoms with van der Waals surface area (Å²) in [6.07, 6.45) is 6.70. The van der Waals surface area contributed by atoms with E-state index in [9.17, 15) is 0 Å². The maximum atomic E-state index is 7.99. The van der Waals surface area contributed by atoms with Gasteiger partial charge in [0.1, 0.15) is 0 Å². The first-order valence-electron chi connectivity index (χ1n) is 5.62. The molecule has 0 bridgehead atoms. The zero-order valence-corrected chi connectivity index (χ0v) is 9.99. The highest BCUT2D eigenvalue weighted by Gasteiger charge is 2.40. The molecule has 0 aromatic carbocycles. The van der Waals surface area contributed by atoms with E-state index in [0.29, 0.717) is 6.04 Å². The zero-order valence-electron chi connectivity index (χ0n) is 9.18. The topological polar surface area (TPSA) is 27.1 Å². The van der Waals surface area contributed by atoms with Crippen LogP contribution in [0.1, 0.15) is 46.0 Å². The molecule has 80 valence electrons. The number of amidine groups is 1. The quantitative estimate of drug-likeness (QED) is 0.723. The van der Waals surface area contributed by atoms with Crippen LogP contribution >= 0.6 is 11.8 Å². The van der Waals surface area contributed by atoms with Gasteiger partial charge in [-0.1, -0.05) is 31.0 Å². The van der Waals surface area contributed by atoms with Crippen molar-refractivity contribution in [2.45, 2.75) is 57.5 Å². The van der Waals surface area contributed by atoms with Gasteiger partial charge in [-0.15, -0.1) is 0 Å². The fourth-order valence-electron chi connectivity index (χ4n) is 2.66. The smallest absolute Gasteiger partial charge is 0.157 e. The summed E-state index contributed by atoms with van der Waals surface area (Å²) < 4.78 is 0. The van der Waals surface area contributed by atoms with Crippen molar-refractivity contribution in [3.8, 4) is 0 Å².